The number of nitriles is 1. The van der Waals surface area contributed by atoms with Gasteiger partial charge in [0.25, 0.3) is 11.6 Å². The summed E-state index contributed by atoms with van der Waals surface area (Å²) in [6.07, 6.45) is 0. The highest BCUT2D eigenvalue weighted by Crippen LogP contribution is 2.18. The average molecular weight is 285 g/mol. The monoisotopic (exact) mass is 285 g/mol. The van der Waals surface area contributed by atoms with Crippen molar-refractivity contribution < 1.29 is 14.1 Å². The molecule has 0 aliphatic rings. The number of nitrogens with zero attached hydrogens (tertiary/aromatic N) is 2. The van der Waals surface area contributed by atoms with Crippen molar-refractivity contribution in [1.29, 1.82) is 5.26 Å². The van der Waals surface area contributed by atoms with Gasteiger partial charge in [0.05, 0.1) is 28.2 Å². The topological polar surface area (TPSA) is 96.0 Å². The van der Waals surface area contributed by atoms with Crippen molar-refractivity contribution in [2.24, 2.45) is 0 Å². The van der Waals surface area contributed by atoms with Crippen molar-refractivity contribution in [3.63, 3.8) is 0 Å². The van der Waals surface area contributed by atoms with Crippen molar-refractivity contribution in [3.8, 4) is 6.07 Å². The van der Waals surface area contributed by atoms with E-state index in [1.54, 1.807) is 18.2 Å². The van der Waals surface area contributed by atoms with Crippen molar-refractivity contribution >= 4 is 17.3 Å². The molecule has 6 nitrogen and oxygen atoms in total. The number of halogens is 1. The Hall–Kier alpha value is -3.27. The second-order valence-electron chi connectivity index (χ2n) is 4.07. The first-order valence-corrected chi connectivity index (χ1v) is 5.76. The van der Waals surface area contributed by atoms with E-state index in [1.165, 1.54) is 6.07 Å². The number of nitrogens with one attached hydrogen (secondary N) is 1. The van der Waals surface area contributed by atoms with Gasteiger partial charge in [-0.2, -0.15) is 5.26 Å². The van der Waals surface area contributed by atoms with Gasteiger partial charge in [-0.05, 0) is 24.3 Å². The molecule has 104 valence electrons. The molecule has 2 aromatic carbocycles. The minimum atomic E-state index is -0.988. The molecular weight excluding hydrogens is 277 g/mol. The first-order valence-electron chi connectivity index (χ1n) is 5.76. The molecule has 0 bridgehead atoms. The Morgan fingerprint density at radius 3 is 2.67 bits per heavy atom. The molecule has 0 aliphatic heterocycles. The number of carbonyl (C=O) groups is 1. The molecule has 0 heterocycles. The molecule has 2 aromatic rings. The number of carbonyl (C=O) groups excluding carboxylic acids is 1. The number of nitro benzene ring substituents is 1. The van der Waals surface area contributed by atoms with Gasteiger partial charge >= 0.3 is 0 Å². The SMILES string of the molecule is N#Cc1cccc(NC(=O)c2ccc([N+](=O)[O-])cc2F)c1. The lowest BCUT2D eigenvalue weighted by Gasteiger charge is -2.06. The fourth-order valence-corrected chi connectivity index (χ4v) is 1.67. The van der Waals surface area contributed by atoms with Crippen LogP contribution in [0.15, 0.2) is 42.5 Å². The molecule has 0 radical (unpaired) electrons. The van der Waals surface area contributed by atoms with E-state index in [4.69, 9.17) is 5.26 Å². The second kappa shape index (κ2) is 5.79. The number of non-ortho nitro benzene ring substituents is 1. The van der Waals surface area contributed by atoms with E-state index < -0.39 is 22.3 Å². The molecule has 0 unspecified atom stereocenters. The maximum absolute atomic E-state index is 13.7. The largest absolute Gasteiger partial charge is 0.322 e. The third-order valence-corrected chi connectivity index (χ3v) is 2.66. The number of amides is 1. The fourth-order valence-electron chi connectivity index (χ4n) is 1.67. The predicted octanol–water partition coefficient (Wildman–Crippen LogP) is 2.86. The lowest BCUT2D eigenvalue weighted by Crippen LogP contribution is -2.14. The van der Waals surface area contributed by atoms with Gasteiger partial charge in [-0.1, -0.05) is 6.07 Å². The Bertz CT molecular complexity index is 768. The first-order chi connectivity index (χ1) is 10.0. The highest BCUT2D eigenvalue weighted by atomic mass is 19.1. The van der Waals surface area contributed by atoms with Crippen molar-refractivity contribution in [1.82, 2.24) is 0 Å². The van der Waals surface area contributed by atoms with Crippen LogP contribution in [0.25, 0.3) is 0 Å². The highest BCUT2D eigenvalue weighted by molar-refractivity contribution is 6.04. The van der Waals surface area contributed by atoms with Gasteiger partial charge in [0.15, 0.2) is 0 Å². The summed E-state index contributed by atoms with van der Waals surface area (Å²) in [5, 5.41) is 21.7. The molecule has 0 aromatic heterocycles. The standard InChI is InChI=1S/C14H8FN3O3/c15-13-7-11(18(20)21)4-5-12(13)14(19)17-10-3-1-2-9(6-10)8-16/h1-7H,(H,17,19). The quantitative estimate of drug-likeness (QED) is 0.692. The van der Waals surface area contributed by atoms with E-state index in [1.807, 2.05) is 6.07 Å². The van der Waals surface area contributed by atoms with Crippen LogP contribution >= 0.6 is 0 Å². The zero-order chi connectivity index (χ0) is 15.4. The van der Waals surface area contributed by atoms with E-state index in [2.05, 4.69) is 5.32 Å². The van der Waals surface area contributed by atoms with Crippen molar-refractivity contribution in [3.05, 3.63) is 69.5 Å². The summed E-state index contributed by atoms with van der Waals surface area (Å²) in [6.45, 7) is 0. The van der Waals surface area contributed by atoms with Gasteiger partial charge in [-0.3, -0.25) is 14.9 Å². The van der Waals surface area contributed by atoms with Crippen LogP contribution in [0, 0.1) is 27.3 Å². The van der Waals surface area contributed by atoms with E-state index in [0.717, 1.165) is 12.1 Å². The number of hydrogen-bond acceptors (Lipinski definition) is 4. The maximum atomic E-state index is 13.7. The van der Waals surface area contributed by atoms with Crippen LogP contribution in [0.3, 0.4) is 0 Å². The number of rotatable bonds is 3. The predicted molar refractivity (Wildman–Crippen MR) is 72.2 cm³/mol. The lowest BCUT2D eigenvalue weighted by molar-refractivity contribution is -0.385. The summed E-state index contributed by atoms with van der Waals surface area (Å²) in [7, 11) is 0. The number of nitro groups is 1. The molecule has 0 atom stereocenters. The lowest BCUT2D eigenvalue weighted by atomic mass is 10.1. The van der Waals surface area contributed by atoms with E-state index in [0.29, 0.717) is 17.3 Å². The van der Waals surface area contributed by atoms with E-state index in [-0.39, 0.29) is 5.56 Å². The molecule has 0 spiro atoms. The number of anilines is 1. The second-order valence-corrected chi connectivity index (χ2v) is 4.07. The highest BCUT2D eigenvalue weighted by Gasteiger charge is 2.16. The molecule has 0 saturated carbocycles. The Kier molecular flexibility index (Phi) is 3.90. The summed E-state index contributed by atoms with van der Waals surface area (Å²) >= 11 is 0. The maximum Gasteiger partial charge on any atom is 0.272 e. The zero-order valence-corrected chi connectivity index (χ0v) is 10.5. The minimum absolute atomic E-state index is 0.317. The van der Waals surface area contributed by atoms with Crippen LogP contribution in [0.5, 0.6) is 0 Å². The number of hydrogen-bond donors (Lipinski definition) is 1. The summed E-state index contributed by atoms with van der Waals surface area (Å²) in [5.41, 5.74) is -0.0766. The Morgan fingerprint density at radius 2 is 2.05 bits per heavy atom. The summed E-state index contributed by atoms with van der Waals surface area (Å²) < 4.78 is 13.7. The van der Waals surface area contributed by atoms with Gasteiger partial charge in [0.1, 0.15) is 5.82 Å². The Labute approximate surface area is 118 Å². The van der Waals surface area contributed by atoms with Gasteiger partial charge in [-0.25, -0.2) is 4.39 Å². The molecule has 1 N–H and O–H groups in total. The third-order valence-electron chi connectivity index (χ3n) is 2.66. The van der Waals surface area contributed by atoms with Gasteiger partial charge < -0.3 is 5.32 Å². The van der Waals surface area contributed by atoms with Crippen LogP contribution in [-0.2, 0) is 0 Å². The summed E-state index contributed by atoms with van der Waals surface area (Å²) in [6, 6.07) is 10.8. The van der Waals surface area contributed by atoms with Crippen LogP contribution in [0.4, 0.5) is 15.8 Å². The van der Waals surface area contributed by atoms with E-state index >= 15 is 0 Å². The van der Waals surface area contributed by atoms with Crippen LogP contribution < -0.4 is 5.32 Å². The molecule has 7 heteroatoms. The van der Waals surface area contributed by atoms with Crippen LogP contribution in [0.1, 0.15) is 15.9 Å². The Balaban J connectivity index is 2.24. The van der Waals surface area contributed by atoms with Crippen LogP contribution in [-0.4, -0.2) is 10.8 Å². The average Bonchev–Trinajstić information content (AvgIpc) is 2.47. The van der Waals surface area contributed by atoms with Gasteiger partial charge in [0.2, 0.25) is 0 Å². The van der Waals surface area contributed by atoms with Crippen molar-refractivity contribution in [2.75, 3.05) is 5.32 Å². The molecule has 0 saturated heterocycles. The third kappa shape index (κ3) is 3.19. The van der Waals surface area contributed by atoms with Gasteiger partial charge in [-0.15, -0.1) is 0 Å². The molecule has 0 fully saturated rings. The summed E-state index contributed by atoms with van der Waals surface area (Å²) in [5.74, 6) is -1.74. The van der Waals surface area contributed by atoms with E-state index in [9.17, 15) is 19.3 Å². The van der Waals surface area contributed by atoms with Crippen molar-refractivity contribution in [2.45, 2.75) is 0 Å². The number of benzene rings is 2. The fraction of sp³-hybridized carbons (Fsp3) is 0. The smallest absolute Gasteiger partial charge is 0.272 e. The summed E-state index contributed by atoms with van der Waals surface area (Å²) in [4.78, 5) is 21.7. The normalized spacial score (nSPS) is 9.71. The molecule has 21 heavy (non-hydrogen) atoms. The molecular formula is C14H8FN3O3. The zero-order valence-electron chi connectivity index (χ0n) is 10.5. The molecule has 2 rings (SSSR count). The minimum Gasteiger partial charge on any atom is -0.322 e. The molecule has 0 aliphatic carbocycles. The Morgan fingerprint density at radius 1 is 1.29 bits per heavy atom. The van der Waals surface area contributed by atoms with Gasteiger partial charge in [0, 0.05) is 11.8 Å². The first kappa shape index (κ1) is 14.1. The molecule has 1 amide bonds. The van der Waals surface area contributed by atoms with Crippen LogP contribution in [0.2, 0.25) is 0 Å².